The highest BCUT2D eigenvalue weighted by Crippen LogP contribution is 2.34. The first-order chi connectivity index (χ1) is 10.6. The smallest absolute Gasteiger partial charge is 0.231 e. The van der Waals surface area contributed by atoms with Crippen molar-refractivity contribution in [3.05, 3.63) is 64.9 Å². The molecule has 0 amide bonds. The van der Waals surface area contributed by atoms with Crippen molar-refractivity contribution in [2.45, 2.75) is 19.8 Å². The van der Waals surface area contributed by atoms with E-state index in [1.807, 2.05) is 12.1 Å². The van der Waals surface area contributed by atoms with Crippen LogP contribution in [0.5, 0.6) is 11.5 Å². The van der Waals surface area contributed by atoms with Gasteiger partial charge in [0.25, 0.3) is 0 Å². The number of rotatable bonds is 3. The van der Waals surface area contributed by atoms with Crippen molar-refractivity contribution in [3.8, 4) is 11.5 Å². The van der Waals surface area contributed by atoms with Crippen LogP contribution >= 0.6 is 0 Å². The molecule has 22 heavy (non-hydrogen) atoms. The van der Waals surface area contributed by atoms with Crippen molar-refractivity contribution in [1.82, 2.24) is 0 Å². The average Bonchev–Trinajstić information content (AvgIpc) is 2.83. The Bertz CT molecular complexity index is 740. The molecule has 2 aromatic rings. The highest BCUT2D eigenvalue weighted by atomic mass is 16.5. The molecule has 0 bridgehead atoms. The molecule has 0 fully saturated rings. The monoisotopic (exact) mass is 294 g/mol. The van der Waals surface area contributed by atoms with Crippen molar-refractivity contribution in [2.75, 3.05) is 7.11 Å². The van der Waals surface area contributed by atoms with Crippen molar-refractivity contribution >= 4 is 11.9 Å². The molecule has 2 aromatic carbocycles. The molecule has 0 atom stereocenters. The van der Waals surface area contributed by atoms with Gasteiger partial charge < -0.3 is 9.47 Å². The largest absolute Gasteiger partial charge is 0.497 e. The van der Waals surface area contributed by atoms with Crippen LogP contribution in [0.25, 0.3) is 6.08 Å². The first-order valence-corrected chi connectivity index (χ1v) is 7.30. The van der Waals surface area contributed by atoms with Gasteiger partial charge in [-0.3, -0.25) is 4.79 Å². The van der Waals surface area contributed by atoms with Crippen molar-refractivity contribution in [1.29, 1.82) is 0 Å². The van der Waals surface area contributed by atoms with Crippen molar-refractivity contribution in [2.24, 2.45) is 0 Å². The van der Waals surface area contributed by atoms with E-state index in [4.69, 9.17) is 9.47 Å². The number of hydrogen-bond acceptors (Lipinski definition) is 3. The zero-order valence-corrected chi connectivity index (χ0v) is 12.9. The molecule has 3 rings (SSSR count). The van der Waals surface area contributed by atoms with E-state index in [0.29, 0.717) is 28.7 Å². The first kappa shape index (κ1) is 14.4. The summed E-state index contributed by atoms with van der Waals surface area (Å²) in [6, 6.07) is 13.4. The number of carbonyl (C=O) groups excluding carboxylic acids is 1. The van der Waals surface area contributed by atoms with Gasteiger partial charge in [-0.2, -0.15) is 0 Å². The summed E-state index contributed by atoms with van der Waals surface area (Å²) in [5.41, 5.74) is 2.80. The molecule has 0 unspecified atom stereocenters. The lowest BCUT2D eigenvalue weighted by Gasteiger charge is -2.05. The van der Waals surface area contributed by atoms with Crippen LogP contribution in [0.4, 0.5) is 0 Å². The van der Waals surface area contributed by atoms with Crippen molar-refractivity contribution in [3.63, 3.8) is 0 Å². The fraction of sp³-hybridized carbons (Fsp3) is 0.211. The maximum Gasteiger partial charge on any atom is 0.231 e. The Labute approximate surface area is 130 Å². The maximum atomic E-state index is 12.3. The Morgan fingerprint density at radius 1 is 1.09 bits per heavy atom. The van der Waals surface area contributed by atoms with Gasteiger partial charge in [0.05, 0.1) is 12.7 Å². The predicted octanol–water partition coefficient (Wildman–Crippen LogP) is 4.43. The third kappa shape index (κ3) is 2.62. The highest BCUT2D eigenvalue weighted by Gasteiger charge is 2.27. The molecule has 0 aromatic heterocycles. The number of benzene rings is 2. The molecule has 1 aliphatic heterocycles. The molecule has 0 N–H and O–H groups in total. The fourth-order valence-corrected chi connectivity index (χ4v) is 2.42. The third-order valence-electron chi connectivity index (χ3n) is 3.78. The van der Waals surface area contributed by atoms with Gasteiger partial charge in [-0.1, -0.05) is 38.1 Å². The van der Waals surface area contributed by atoms with Gasteiger partial charge in [0.1, 0.15) is 11.5 Å². The number of ketones is 1. The summed E-state index contributed by atoms with van der Waals surface area (Å²) < 4.78 is 10.8. The quantitative estimate of drug-likeness (QED) is 0.785. The predicted molar refractivity (Wildman–Crippen MR) is 86.5 cm³/mol. The van der Waals surface area contributed by atoms with Gasteiger partial charge in [-0.25, -0.2) is 0 Å². The SMILES string of the molecule is COc1ccc2c(c1)O/C(=C/c1ccc(C(C)C)cc1)C2=O. The lowest BCUT2D eigenvalue weighted by molar-refractivity contribution is 0.101. The minimum absolute atomic E-state index is 0.0920. The van der Waals surface area contributed by atoms with Crippen LogP contribution in [-0.2, 0) is 0 Å². The number of fused-ring (bicyclic) bond motifs is 1. The van der Waals surface area contributed by atoms with Crippen molar-refractivity contribution < 1.29 is 14.3 Å². The second-order valence-electron chi connectivity index (χ2n) is 5.62. The summed E-state index contributed by atoms with van der Waals surface area (Å²) in [6.45, 7) is 4.31. The third-order valence-corrected chi connectivity index (χ3v) is 3.78. The maximum absolute atomic E-state index is 12.3. The topological polar surface area (TPSA) is 35.5 Å². The van der Waals surface area contributed by atoms with Gasteiger partial charge in [0.15, 0.2) is 5.76 Å². The van der Waals surface area contributed by atoms with E-state index in [9.17, 15) is 4.79 Å². The summed E-state index contributed by atoms with van der Waals surface area (Å²) >= 11 is 0. The molecule has 112 valence electrons. The lowest BCUT2D eigenvalue weighted by Crippen LogP contribution is -1.98. The standard InChI is InChI=1S/C19H18O3/c1-12(2)14-6-4-13(5-7-14)10-18-19(20)16-9-8-15(21-3)11-17(16)22-18/h4-12H,1-3H3/b18-10+. The number of methoxy groups -OCH3 is 1. The van der Waals surface area contributed by atoms with Gasteiger partial charge in [0.2, 0.25) is 5.78 Å². The second-order valence-corrected chi connectivity index (χ2v) is 5.62. The Balaban J connectivity index is 1.88. The van der Waals surface area contributed by atoms with E-state index in [1.54, 1.807) is 31.4 Å². The molecule has 3 heteroatoms. The molecule has 0 saturated carbocycles. The minimum Gasteiger partial charge on any atom is -0.497 e. The van der Waals surface area contributed by atoms with E-state index in [0.717, 1.165) is 5.56 Å². The fourth-order valence-electron chi connectivity index (χ4n) is 2.42. The van der Waals surface area contributed by atoms with Crippen LogP contribution in [0.15, 0.2) is 48.2 Å². The van der Waals surface area contributed by atoms with Crippen LogP contribution in [0.2, 0.25) is 0 Å². The van der Waals surface area contributed by atoms with E-state index >= 15 is 0 Å². The first-order valence-electron chi connectivity index (χ1n) is 7.30. The highest BCUT2D eigenvalue weighted by molar-refractivity contribution is 6.14. The number of hydrogen-bond donors (Lipinski definition) is 0. The summed E-state index contributed by atoms with van der Waals surface area (Å²) in [5, 5.41) is 0. The summed E-state index contributed by atoms with van der Waals surface area (Å²) in [4.78, 5) is 12.3. The molecule has 1 heterocycles. The van der Waals surface area contributed by atoms with Crippen LogP contribution in [0.3, 0.4) is 0 Å². The molecular weight excluding hydrogens is 276 g/mol. The Hall–Kier alpha value is -2.55. The minimum atomic E-state index is -0.0920. The zero-order valence-electron chi connectivity index (χ0n) is 12.9. The number of ether oxygens (including phenoxy) is 2. The Morgan fingerprint density at radius 3 is 2.45 bits per heavy atom. The van der Waals surface area contributed by atoms with Gasteiger partial charge in [-0.05, 0) is 35.3 Å². The lowest BCUT2D eigenvalue weighted by atomic mass is 10.0. The molecule has 0 saturated heterocycles. The summed E-state index contributed by atoms with van der Waals surface area (Å²) in [6.07, 6.45) is 1.78. The second kappa shape index (κ2) is 5.68. The molecule has 0 aliphatic carbocycles. The van der Waals surface area contributed by atoms with Gasteiger partial charge >= 0.3 is 0 Å². The summed E-state index contributed by atoms with van der Waals surface area (Å²) in [5.74, 6) is 1.97. The normalized spacial score (nSPS) is 15.1. The average molecular weight is 294 g/mol. The molecule has 1 aliphatic rings. The molecule has 0 spiro atoms. The van der Waals surface area contributed by atoms with Gasteiger partial charge in [0, 0.05) is 6.07 Å². The van der Waals surface area contributed by atoms with Gasteiger partial charge in [-0.15, -0.1) is 0 Å². The molecule has 3 nitrogen and oxygen atoms in total. The Kier molecular flexibility index (Phi) is 3.72. The van der Waals surface area contributed by atoms with E-state index < -0.39 is 0 Å². The van der Waals surface area contributed by atoms with E-state index in [1.165, 1.54) is 5.56 Å². The van der Waals surface area contributed by atoms with Crippen LogP contribution < -0.4 is 9.47 Å². The van der Waals surface area contributed by atoms with E-state index in [2.05, 4.69) is 26.0 Å². The zero-order chi connectivity index (χ0) is 15.7. The number of allylic oxidation sites excluding steroid dienone is 1. The Morgan fingerprint density at radius 2 is 1.82 bits per heavy atom. The molecular formula is C19H18O3. The molecule has 0 radical (unpaired) electrons. The summed E-state index contributed by atoms with van der Waals surface area (Å²) in [7, 11) is 1.59. The number of carbonyl (C=O) groups is 1. The van der Waals surface area contributed by atoms with Crippen LogP contribution in [-0.4, -0.2) is 12.9 Å². The van der Waals surface area contributed by atoms with Crippen LogP contribution in [0, 0.1) is 0 Å². The number of Topliss-reactive ketones (excluding diaryl/α,β-unsaturated/α-hetero) is 1. The van der Waals surface area contributed by atoms with Crippen LogP contribution in [0.1, 0.15) is 41.3 Å². The van der Waals surface area contributed by atoms with E-state index in [-0.39, 0.29) is 5.78 Å².